The van der Waals surface area contributed by atoms with Crippen LogP contribution in [0.2, 0.25) is 5.15 Å². The molecule has 0 atom stereocenters. The Kier molecular flexibility index (Phi) is 5.35. The summed E-state index contributed by atoms with van der Waals surface area (Å²) in [5, 5.41) is 22.6. The predicted molar refractivity (Wildman–Crippen MR) is 81.3 cm³/mol. The molecule has 0 aliphatic rings. The molecule has 0 aromatic carbocycles. The van der Waals surface area contributed by atoms with Crippen LogP contribution in [-0.4, -0.2) is 38.9 Å². The zero-order valence-electron chi connectivity index (χ0n) is 12.8. The van der Waals surface area contributed by atoms with E-state index in [4.69, 9.17) is 11.6 Å². The van der Waals surface area contributed by atoms with Crippen molar-refractivity contribution in [2.24, 2.45) is 0 Å². The monoisotopic (exact) mass is 301 g/mol. The normalized spacial score (nSPS) is 12.6. The van der Waals surface area contributed by atoms with Gasteiger partial charge >= 0.3 is 0 Å². The maximum absolute atomic E-state index is 9.53. The number of anilines is 1. The van der Waals surface area contributed by atoms with Crippen molar-refractivity contribution in [1.29, 1.82) is 0 Å². The molecule has 6 heteroatoms. The van der Waals surface area contributed by atoms with E-state index in [1.165, 1.54) is 0 Å². The number of aliphatic hydroxyl groups excluding tert-OH is 2. The molecule has 0 fully saturated rings. The van der Waals surface area contributed by atoms with Gasteiger partial charge in [0.1, 0.15) is 16.8 Å². The molecule has 3 N–H and O–H groups in total. The van der Waals surface area contributed by atoms with Crippen LogP contribution in [0.25, 0.3) is 0 Å². The summed E-state index contributed by atoms with van der Waals surface area (Å²) in [5.41, 5.74) is -0.335. The number of hydrogen-bond acceptors (Lipinski definition) is 5. The van der Waals surface area contributed by atoms with E-state index < -0.39 is 5.54 Å². The van der Waals surface area contributed by atoms with E-state index in [1.807, 2.05) is 34.6 Å². The Morgan fingerprint density at radius 1 is 1.15 bits per heavy atom. The molecule has 1 aromatic rings. The minimum Gasteiger partial charge on any atom is -0.394 e. The highest BCUT2D eigenvalue weighted by molar-refractivity contribution is 6.30. The number of halogens is 1. The van der Waals surface area contributed by atoms with Crippen molar-refractivity contribution in [2.45, 2.75) is 52.0 Å². The first-order valence-corrected chi connectivity index (χ1v) is 7.11. The number of aliphatic hydroxyl groups is 2. The summed E-state index contributed by atoms with van der Waals surface area (Å²) in [7, 11) is 0. The van der Waals surface area contributed by atoms with E-state index in [0.29, 0.717) is 28.8 Å². The largest absolute Gasteiger partial charge is 0.394 e. The summed E-state index contributed by atoms with van der Waals surface area (Å²) in [6.07, 6.45) is 0.561. The lowest BCUT2D eigenvalue weighted by Gasteiger charge is -2.31. The summed E-state index contributed by atoms with van der Waals surface area (Å²) in [6, 6.07) is 0. The lowest BCUT2D eigenvalue weighted by Crippen LogP contribution is -2.45. The lowest BCUT2D eigenvalue weighted by atomic mass is 9.95. The van der Waals surface area contributed by atoms with Gasteiger partial charge in [0.25, 0.3) is 0 Å². The fourth-order valence-corrected chi connectivity index (χ4v) is 1.81. The van der Waals surface area contributed by atoms with Crippen molar-refractivity contribution < 1.29 is 10.2 Å². The quantitative estimate of drug-likeness (QED) is 0.727. The third kappa shape index (κ3) is 3.59. The number of hydrogen-bond donors (Lipinski definition) is 3. The van der Waals surface area contributed by atoms with E-state index >= 15 is 0 Å². The van der Waals surface area contributed by atoms with Crippen molar-refractivity contribution in [3.05, 3.63) is 16.5 Å². The first kappa shape index (κ1) is 17.1. The Bertz CT molecular complexity index is 460. The van der Waals surface area contributed by atoms with Crippen molar-refractivity contribution in [3.63, 3.8) is 0 Å². The van der Waals surface area contributed by atoms with Gasteiger partial charge in [0, 0.05) is 11.0 Å². The predicted octanol–water partition coefficient (Wildman–Crippen LogP) is 2.28. The van der Waals surface area contributed by atoms with Gasteiger partial charge in [0.05, 0.1) is 18.8 Å². The van der Waals surface area contributed by atoms with Crippen LogP contribution in [0, 0.1) is 6.92 Å². The second kappa shape index (κ2) is 6.24. The van der Waals surface area contributed by atoms with E-state index in [2.05, 4.69) is 15.3 Å². The molecule has 0 spiro atoms. The smallest absolute Gasteiger partial charge is 0.137 e. The summed E-state index contributed by atoms with van der Waals surface area (Å²) in [5.74, 6) is 1.18. The second-order valence-electron chi connectivity index (χ2n) is 6.14. The van der Waals surface area contributed by atoms with Crippen LogP contribution in [0.3, 0.4) is 0 Å². The van der Waals surface area contributed by atoms with Gasteiger partial charge in [-0.05, 0) is 13.3 Å². The lowest BCUT2D eigenvalue weighted by molar-refractivity contribution is 0.132. The van der Waals surface area contributed by atoms with Gasteiger partial charge in [-0.1, -0.05) is 39.3 Å². The summed E-state index contributed by atoms with van der Waals surface area (Å²) in [4.78, 5) is 8.81. The van der Waals surface area contributed by atoms with Crippen LogP contribution < -0.4 is 5.32 Å². The molecule has 1 heterocycles. The third-order valence-electron chi connectivity index (χ3n) is 3.42. The summed E-state index contributed by atoms with van der Waals surface area (Å²) >= 11 is 6.17. The molecular formula is C14H24ClN3O2. The van der Waals surface area contributed by atoms with E-state index in [1.54, 1.807) is 0 Å². The van der Waals surface area contributed by atoms with Gasteiger partial charge < -0.3 is 15.5 Å². The molecule has 0 aliphatic carbocycles. The molecule has 0 saturated heterocycles. The summed E-state index contributed by atoms with van der Waals surface area (Å²) in [6.45, 7) is 9.33. The molecule has 0 unspecified atom stereocenters. The fraction of sp³-hybridized carbons (Fsp3) is 0.714. The molecule has 1 rings (SSSR count). The summed E-state index contributed by atoms with van der Waals surface area (Å²) < 4.78 is 0. The van der Waals surface area contributed by atoms with Crippen LogP contribution in [0.5, 0.6) is 0 Å². The van der Waals surface area contributed by atoms with Gasteiger partial charge in [0.2, 0.25) is 0 Å². The minimum atomic E-state index is -0.808. The molecule has 20 heavy (non-hydrogen) atoms. The average Bonchev–Trinajstić information content (AvgIpc) is 2.39. The van der Waals surface area contributed by atoms with E-state index in [0.717, 1.165) is 0 Å². The topological polar surface area (TPSA) is 78.3 Å². The van der Waals surface area contributed by atoms with Crippen LogP contribution in [0.15, 0.2) is 0 Å². The van der Waals surface area contributed by atoms with Gasteiger partial charge in [-0.15, -0.1) is 0 Å². The molecule has 0 saturated carbocycles. The Hall–Kier alpha value is -0.910. The molecule has 114 valence electrons. The number of nitrogens with one attached hydrogen (secondary N) is 1. The highest BCUT2D eigenvalue weighted by Crippen LogP contribution is 2.28. The van der Waals surface area contributed by atoms with Crippen molar-refractivity contribution in [2.75, 3.05) is 18.5 Å². The average molecular weight is 302 g/mol. The Morgan fingerprint density at radius 2 is 1.70 bits per heavy atom. The first-order valence-electron chi connectivity index (χ1n) is 6.73. The Morgan fingerprint density at radius 3 is 2.10 bits per heavy atom. The zero-order valence-corrected chi connectivity index (χ0v) is 13.5. The van der Waals surface area contributed by atoms with Crippen LogP contribution >= 0.6 is 11.6 Å². The molecule has 5 nitrogen and oxygen atoms in total. The van der Waals surface area contributed by atoms with Gasteiger partial charge in [-0.2, -0.15) is 0 Å². The van der Waals surface area contributed by atoms with E-state index in [9.17, 15) is 10.2 Å². The SMILES string of the molecule is CCC(CO)(CO)Nc1nc(C(C)(C)C)nc(Cl)c1C. The van der Waals surface area contributed by atoms with Crippen LogP contribution in [0.1, 0.15) is 45.5 Å². The maximum Gasteiger partial charge on any atom is 0.137 e. The van der Waals surface area contributed by atoms with E-state index in [-0.39, 0.29) is 18.6 Å². The van der Waals surface area contributed by atoms with Gasteiger partial charge in [0.15, 0.2) is 0 Å². The standard InChI is InChI=1S/C14H24ClN3O2/c1-6-14(7-19,8-20)18-11-9(2)10(15)16-12(17-11)13(3,4)5/h19-20H,6-8H2,1-5H3,(H,16,17,18). The maximum atomic E-state index is 9.53. The first-order chi connectivity index (χ1) is 9.19. The zero-order chi connectivity index (χ0) is 15.6. The van der Waals surface area contributed by atoms with Crippen LogP contribution in [-0.2, 0) is 5.41 Å². The number of nitrogens with zero attached hydrogens (tertiary/aromatic N) is 2. The fourth-order valence-electron chi connectivity index (χ4n) is 1.64. The highest BCUT2D eigenvalue weighted by atomic mass is 35.5. The van der Waals surface area contributed by atoms with Crippen molar-refractivity contribution in [1.82, 2.24) is 9.97 Å². The van der Waals surface area contributed by atoms with Crippen LogP contribution in [0.4, 0.5) is 5.82 Å². The third-order valence-corrected chi connectivity index (χ3v) is 3.79. The van der Waals surface area contributed by atoms with Crippen molar-refractivity contribution in [3.8, 4) is 0 Å². The van der Waals surface area contributed by atoms with Gasteiger partial charge in [-0.25, -0.2) is 9.97 Å². The molecule has 1 aromatic heterocycles. The molecule has 0 aliphatic heterocycles. The Labute approximate surface area is 125 Å². The minimum absolute atomic E-state index is 0.189. The molecule has 0 amide bonds. The second-order valence-corrected chi connectivity index (χ2v) is 6.49. The van der Waals surface area contributed by atoms with Crippen molar-refractivity contribution >= 4 is 17.4 Å². The Balaban J connectivity index is 3.27. The number of aromatic nitrogens is 2. The highest BCUT2D eigenvalue weighted by Gasteiger charge is 2.29. The molecule has 0 radical (unpaired) electrons. The molecule has 0 bridgehead atoms. The molecular weight excluding hydrogens is 278 g/mol. The van der Waals surface area contributed by atoms with Gasteiger partial charge in [-0.3, -0.25) is 0 Å². The number of rotatable bonds is 5.